The second-order valence-electron chi connectivity index (χ2n) is 11.3. The van der Waals surface area contributed by atoms with Crippen LogP contribution in [0.2, 0.25) is 10.0 Å². The summed E-state index contributed by atoms with van der Waals surface area (Å²) in [5.41, 5.74) is -2.46. The first kappa shape index (κ1) is 31.9. The minimum Gasteiger partial charge on any atom is -0.466 e. The van der Waals surface area contributed by atoms with Crippen molar-refractivity contribution >= 4 is 40.9 Å². The minimum atomic E-state index is -4.90. The van der Waals surface area contributed by atoms with Gasteiger partial charge in [0.05, 0.1) is 52.5 Å². The largest absolute Gasteiger partial charge is 0.466 e. The molecule has 0 unspecified atom stereocenters. The molecule has 0 N–H and O–H groups in total. The highest BCUT2D eigenvalue weighted by atomic mass is 35.5. The fourth-order valence-corrected chi connectivity index (χ4v) is 5.72. The number of rotatable bonds is 8. The van der Waals surface area contributed by atoms with E-state index in [1.807, 2.05) is 0 Å². The van der Waals surface area contributed by atoms with Crippen LogP contribution in [0.5, 0.6) is 0 Å². The van der Waals surface area contributed by atoms with Gasteiger partial charge in [0.25, 0.3) is 5.91 Å². The number of Topliss-reactive ketones (excluding diaryl/α,β-unsaturated/α-hetero) is 1. The van der Waals surface area contributed by atoms with Crippen LogP contribution in [-0.4, -0.2) is 57.0 Å². The Hall–Kier alpha value is -2.66. The molecule has 2 aromatic heterocycles. The van der Waals surface area contributed by atoms with Crippen LogP contribution in [0.4, 0.5) is 13.2 Å². The highest BCUT2D eigenvalue weighted by molar-refractivity contribution is 6.39. The molecule has 0 aliphatic heterocycles. The monoisotopic (exact) mass is 604 g/mol. The Morgan fingerprint density at radius 2 is 1.73 bits per heavy atom. The standard InChI is InChI=1S/C27H33Cl2F3N4O4/c1-6-40-25(39)17-8-7-16(9-15(17)2)36-23(27(30,31)32)18(10-34-36)24(38)35(14-26(3,4)5)13-21(37)22-19(28)11-33-12-20(22)29/h10-12,15-17H,6-9,13-14H2,1-5H3/t15-,16-,17-/m0/s1. The Labute approximate surface area is 241 Å². The number of alkyl halides is 3. The van der Waals surface area contributed by atoms with Gasteiger partial charge in [-0.3, -0.25) is 24.0 Å². The maximum atomic E-state index is 14.5. The van der Waals surface area contributed by atoms with E-state index < -0.39 is 53.0 Å². The van der Waals surface area contributed by atoms with Crippen LogP contribution >= 0.6 is 23.2 Å². The molecule has 40 heavy (non-hydrogen) atoms. The number of hydrogen-bond acceptors (Lipinski definition) is 6. The summed E-state index contributed by atoms with van der Waals surface area (Å²) in [6, 6.07) is -0.675. The number of pyridine rings is 1. The molecule has 1 fully saturated rings. The van der Waals surface area contributed by atoms with E-state index in [2.05, 4.69) is 10.1 Å². The molecule has 2 heterocycles. The molecule has 13 heteroatoms. The van der Waals surface area contributed by atoms with E-state index in [0.717, 1.165) is 15.8 Å². The van der Waals surface area contributed by atoms with Crippen molar-refractivity contribution < 1.29 is 32.3 Å². The van der Waals surface area contributed by atoms with E-state index in [4.69, 9.17) is 27.9 Å². The Bertz CT molecular complexity index is 1240. The van der Waals surface area contributed by atoms with Crippen LogP contribution in [0.15, 0.2) is 18.6 Å². The number of esters is 1. The molecular weight excluding hydrogens is 572 g/mol. The molecule has 1 amide bonds. The number of carbonyl (C=O) groups excluding carboxylic acids is 3. The van der Waals surface area contributed by atoms with E-state index in [1.54, 1.807) is 34.6 Å². The van der Waals surface area contributed by atoms with Crippen molar-refractivity contribution in [1.29, 1.82) is 0 Å². The fraction of sp³-hybridized carbons (Fsp3) is 0.593. The molecule has 0 spiro atoms. The van der Waals surface area contributed by atoms with Crippen molar-refractivity contribution in [2.24, 2.45) is 17.3 Å². The second-order valence-corrected chi connectivity index (χ2v) is 12.1. The zero-order valence-electron chi connectivity index (χ0n) is 23.0. The van der Waals surface area contributed by atoms with Gasteiger partial charge in [0.1, 0.15) is 0 Å². The molecule has 0 aromatic carbocycles. The number of amides is 1. The van der Waals surface area contributed by atoms with E-state index >= 15 is 0 Å². The molecule has 1 saturated carbocycles. The average molecular weight is 605 g/mol. The lowest BCUT2D eigenvalue weighted by atomic mass is 9.78. The third-order valence-corrected chi connectivity index (χ3v) is 7.36. The van der Waals surface area contributed by atoms with Crippen LogP contribution in [0.25, 0.3) is 0 Å². The molecule has 220 valence electrons. The van der Waals surface area contributed by atoms with E-state index in [0.29, 0.717) is 6.42 Å². The zero-order chi connectivity index (χ0) is 30.0. The highest BCUT2D eigenvalue weighted by Gasteiger charge is 2.44. The smallest absolute Gasteiger partial charge is 0.433 e. The van der Waals surface area contributed by atoms with Gasteiger partial charge in [-0.05, 0) is 37.5 Å². The van der Waals surface area contributed by atoms with Gasteiger partial charge in [-0.2, -0.15) is 18.3 Å². The second kappa shape index (κ2) is 12.5. The SMILES string of the molecule is CCOC(=O)[C@H]1CC[C@H](n2ncc(C(=O)N(CC(=O)c3c(Cl)cncc3Cl)CC(C)(C)C)c2C(F)(F)F)C[C@@H]1C. The van der Waals surface area contributed by atoms with Crippen molar-refractivity contribution in [1.82, 2.24) is 19.7 Å². The summed E-state index contributed by atoms with van der Waals surface area (Å²) in [7, 11) is 0. The quantitative estimate of drug-likeness (QED) is 0.252. The van der Waals surface area contributed by atoms with Crippen molar-refractivity contribution in [2.75, 3.05) is 19.7 Å². The Morgan fingerprint density at radius 1 is 1.10 bits per heavy atom. The van der Waals surface area contributed by atoms with Crippen LogP contribution in [-0.2, 0) is 15.7 Å². The van der Waals surface area contributed by atoms with Gasteiger partial charge in [0.2, 0.25) is 0 Å². The molecule has 0 saturated heterocycles. The Morgan fingerprint density at radius 3 is 2.25 bits per heavy atom. The van der Waals surface area contributed by atoms with Crippen LogP contribution < -0.4 is 0 Å². The topological polar surface area (TPSA) is 94.4 Å². The molecule has 1 aliphatic rings. The first-order valence-electron chi connectivity index (χ1n) is 13.0. The van der Waals surface area contributed by atoms with Gasteiger partial charge < -0.3 is 9.64 Å². The van der Waals surface area contributed by atoms with Crippen LogP contribution in [0, 0.1) is 17.3 Å². The molecular formula is C27H33Cl2F3N4O4. The summed E-state index contributed by atoms with van der Waals surface area (Å²) >= 11 is 12.2. The first-order valence-corrected chi connectivity index (χ1v) is 13.7. The summed E-state index contributed by atoms with van der Waals surface area (Å²) in [5, 5.41) is 3.95. The minimum absolute atomic E-state index is 0.0257. The number of ether oxygens (including phenoxy) is 1. The average Bonchev–Trinajstić information content (AvgIpc) is 3.28. The maximum absolute atomic E-state index is 14.5. The third kappa shape index (κ3) is 7.34. The third-order valence-electron chi connectivity index (χ3n) is 6.79. The predicted molar refractivity (Wildman–Crippen MR) is 143 cm³/mol. The molecule has 0 bridgehead atoms. The number of ketones is 1. The Kier molecular flexibility index (Phi) is 9.93. The van der Waals surface area contributed by atoms with Gasteiger partial charge in [-0.25, -0.2) is 0 Å². The van der Waals surface area contributed by atoms with Crippen molar-refractivity contribution in [3.8, 4) is 0 Å². The zero-order valence-corrected chi connectivity index (χ0v) is 24.5. The lowest BCUT2D eigenvalue weighted by Gasteiger charge is -2.34. The molecule has 1 aliphatic carbocycles. The van der Waals surface area contributed by atoms with E-state index in [9.17, 15) is 27.6 Å². The van der Waals surface area contributed by atoms with Gasteiger partial charge >= 0.3 is 12.1 Å². The normalized spacial score (nSPS) is 19.8. The predicted octanol–water partition coefficient (Wildman–Crippen LogP) is 6.52. The summed E-state index contributed by atoms with van der Waals surface area (Å²) < 4.78 is 49.4. The molecule has 0 radical (unpaired) electrons. The number of nitrogens with zero attached hydrogens (tertiary/aromatic N) is 4. The van der Waals surface area contributed by atoms with E-state index in [-0.39, 0.29) is 53.5 Å². The van der Waals surface area contributed by atoms with Gasteiger partial charge in [0, 0.05) is 18.9 Å². The number of hydrogen-bond donors (Lipinski definition) is 0. The highest BCUT2D eigenvalue weighted by Crippen LogP contribution is 2.41. The maximum Gasteiger partial charge on any atom is 0.433 e. The van der Waals surface area contributed by atoms with Crippen molar-refractivity contribution in [3.63, 3.8) is 0 Å². The first-order chi connectivity index (χ1) is 18.5. The van der Waals surface area contributed by atoms with Crippen molar-refractivity contribution in [2.45, 2.75) is 66.1 Å². The summed E-state index contributed by atoms with van der Waals surface area (Å²) in [5.74, 6) is -2.65. The lowest BCUT2D eigenvalue weighted by Crippen LogP contribution is -2.42. The molecule has 2 aromatic rings. The van der Waals surface area contributed by atoms with Gasteiger partial charge in [0.15, 0.2) is 11.5 Å². The molecule has 3 rings (SSSR count). The lowest BCUT2D eigenvalue weighted by molar-refractivity contribution is -0.153. The van der Waals surface area contributed by atoms with Gasteiger partial charge in [-0.15, -0.1) is 0 Å². The summed E-state index contributed by atoms with van der Waals surface area (Å²) in [6.07, 6.45) is -0.707. The van der Waals surface area contributed by atoms with Gasteiger partial charge in [-0.1, -0.05) is 50.9 Å². The number of aromatic nitrogens is 3. The summed E-state index contributed by atoms with van der Waals surface area (Å²) in [4.78, 5) is 44.0. The molecule has 8 nitrogen and oxygen atoms in total. The Balaban J connectivity index is 1.96. The van der Waals surface area contributed by atoms with Crippen LogP contribution in [0.3, 0.4) is 0 Å². The van der Waals surface area contributed by atoms with Crippen LogP contribution in [0.1, 0.15) is 86.3 Å². The van der Waals surface area contributed by atoms with E-state index in [1.165, 1.54) is 12.4 Å². The fourth-order valence-electron chi connectivity index (χ4n) is 5.14. The number of carbonyl (C=O) groups is 3. The number of halogens is 5. The summed E-state index contributed by atoms with van der Waals surface area (Å²) in [6.45, 7) is 8.52. The van der Waals surface area contributed by atoms with Crippen molar-refractivity contribution in [3.05, 3.63) is 45.5 Å². The molecule has 3 atom stereocenters.